The Morgan fingerprint density at radius 2 is 2.07 bits per heavy atom. The molecule has 8 heteroatoms. The van der Waals surface area contributed by atoms with E-state index in [9.17, 15) is 14.7 Å². The molecule has 29 heavy (non-hydrogen) atoms. The fraction of sp³-hybridized carbons (Fsp3) is 0.381. The zero-order chi connectivity index (χ0) is 20.4. The Kier molecular flexibility index (Phi) is 5.46. The summed E-state index contributed by atoms with van der Waals surface area (Å²) in [5, 5.41) is 10.6. The molecule has 2 aliphatic heterocycles. The molecule has 0 spiro atoms. The molecular formula is C21H24N3O5+. The second-order valence-corrected chi connectivity index (χ2v) is 7.27. The minimum Gasteiger partial charge on any atom is -0.503 e. The molecule has 1 fully saturated rings. The first kappa shape index (κ1) is 19.4. The van der Waals surface area contributed by atoms with Gasteiger partial charge in [-0.2, -0.15) is 0 Å². The third-order valence-electron chi connectivity index (χ3n) is 5.39. The highest BCUT2D eigenvalue weighted by atomic mass is 16.5. The number of nitrogens with one attached hydrogen (secondary N) is 1. The van der Waals surface area contributed by atoms with E-state index in [4.69, 9.17) is 9.15 Å². The standard InChI is InChI=1S/C21H23N3O5/c1-14-5-6-16(29-14)19(25)17-18(15-4-2-3-7-22-15)24(21(27)20(17)26)9-8-23-10-12-28-13-11-23/h2-7,18,26H,8-13H2,1H3/p+1/t18-/m0/s1. The number of aryl methyl sites for hydroxylation is 1. The predicted molar refractivity (Wildman–Crippen MR) is 103 cm³/mol. The van der Waals surface area contributed by atoms with E-state index in [-0.39, 0.29) is 11.3 Å². The Bertz CT molecular complexity index is 931. The molecule has 0 unspecified atom stereocenters. The minimum atomic E-state index is -0.748. The van der Waals surface area contributed by atoms with Crippen molar-refractivity contribution in [1.82, 2.24) is 9.88 Å². The summed E-state index contributed by atoms with van der Waals surface area (Å²) in [7, 11) is 0. The van der Waals surface area contributed by atoms with Gasteiger partial charge in [0.2, 0.25) is 5.78 Å². The highest BCUT2D eigenvalue weighted by Crippen LogP contribution is 2.37. The predicted octanol–water partition coefficient (Wildman–Crippen LogP) is 0.476. The fourth-order valence-corrected chi connectivity index (χ4v) is 3.84. The lowest BCUT2D eigenvalue weighted by molar-refractivity contribution is -0.907. The fourth-order valence-electron chi connectivity index (χ4n) is 3.84. The number of amides is 1. The molecule has 2 aromatic heterocycles. The summed E-state index contributed by atoms with van der Waals surface area (Å²) in [6.45, 7) is 5.95. The van der Waals surface area contributed by atoms with Gasteiger partial charge < -0.3 is 24.1 Å². The molecule has 2 aliphatic rings. The van der Waals surface area contributed by atoms with Gasteiger partial charge in [-0.1, -0.05) is 6.07 Å². The van der Waals surface area contributed by atoms with Gasteiger partial charge in [-0.3, -0.25) is 14.6 Å². The zero-order valence-corrected chi connectivity index (χ0v) is 16.3. The number of hydrogen-bond acceptors (Lipinski definition) is 6. The van der Waals surface area contributed by atoms with Crippen molar-refractivity contribution in [2.75, 3.05) is 39.4 Å². The van der Waals surface area contributed by atoms with E-state index >= 15 is 0 Å². The molecule has 1 atom stereocenters. The zero-order valence-electron chi connectivity index (χ0n) is 16.3. The molecule has 0 bridgehead atoms. The molecule has 4 rings (SSSR count). The lowest BCUT2D eigenvalue weighted by Gasteiger charge is -2.29. The first-order valence-corrected chi connectivity index (χ1v) is 9.73. The van der Waals surface area contributed by atoms with Crippen molar-refractivity contribution < 1.29 is 28.7 Å². The van der Waals surface area contributed by atoms with Gasteiger partial charge in [0.05, 0.1) is 37.6 Å². The molecule has 1 amide bonds. The first-order valence-electron chi connectivity index (χ1n) is 9.73. The second-order valence-electron chi connectivity index (χ2n) is 7.27. The summed E-state index contributed by atoms with van der Waals surface area (Å²) in [6.07, 6.45) is 1.61. The van der Waals surface area contributed by atoms with Crippen molar-refractivity contribution in [2.45, 2.75) is 13.0 Å². The number of ether oxygens (including phenoxy) is 1. The molecule has 4 heterocycles. The molecule has 0 radical (unpaired) electrons. The van der Waals surface area contributed by atoms with Crippen LogP contribution >= 0.6 is 0 Å². The lowest BCUT2D eigenvalue weighted by Crippen LogP contribution is -3.14. The normalized spacial score (nSPS) is 20.5. The van der Waals surface area contributed by atoms with Gasteiger partial charge in [0.1, 0.15) is 24.9 Å². The smallest absolute Gasteiger partial charge is 0.290 e. The van der Waals surface area contributed by atoms with Gasteiger partial charge in [-0.05, 0) is 31.2 Å². The largest absolute Gasteiger partial charge is 0.503 e. The number of hydrogen-bond donors (Lipinski definition) is 2. The number of nitrogens with zero attached hydrogens (tertiary/aromatic N) is 2. The van der Waals surface area contributed by atoms with Crippen LogP contribution in [0.4, 0.5) is 0 Å². The van der Waals surface area contributed by atoms with Crippen molar-refractivity contribution in [1.29, 1.82) is 0 Å². The molecule has 0 saturated carbocycles. The van der Waals surface area contributed by atoms with Gasteiger partial charge in [0.25, 0.3) is 5.91 Å². The van der Waals surface area contributed by atoms with E-state index < -0.39 is 23.5 Å². The average Bonchev–Trinajstić information content (AvgIpc) is 3.29. The van der Waals surface area contributed by atoms with Gasteiger partial charge in [0, 0.05) is 6.20 Å². The maximum absolute atomic E-state index is 13.1. The number of pyridine rings is 1. The maximum Gasteiger partial charge on any atom is 0.290 e. The number of furan rings is 1. The molecule has 1 saturated heterocycles. The summed E-state index contributed by atoms with van der Waals surface area (Å²) in [6, 6.07) is 7.80. The first-order chi connectivity index (χ1) is 14.1. The Balaban J connectivity index is 1.65. The summed E-state index contributed by atoms with van der Waals surface area (Å²) in [5.41, 5.74) is 0.550. The molecule has 0 aliphatic carbocycles. The topological polar surface area (TPSA) is 97.3 Å². The highest BCUT2D eigenvalue weighted by Gasteiger charge is 2.45. The summed E-state index contributed by atoms with van der Waals surface area (Å²) in [4.78, 5) is 33.2. The molecule has 152 valence electrons. The Morgan fingerprint density at radius 3 is 2.72 bits per heavy atom. The van der Waals surface area contributed by atoms with Crippen LogP contribution in [0.2, 0.25) is 0 Å². The number of morpholine rings is 1. The van der Waals surface area contributed by atoms with Crippen molar-refractivity contribution in [2.24, 2.45) is 0 Å². The number of aliphatic hydroxyl groups is 1. The van der Waals surface area contributed by atoms with Crippen LogP contribution in [0.5, 0.6) is 0 Å². The summed E-state index contributed by atoms with van der Waals surface area (Å²) >= 11 is 0. The van der Waals surface area contributed by atoms with Crippen molar-refractivity contribution in [3.63, 3.8) is 0 Å². The van der Waals surface area contributed by atoms with Crippen LogP contribution in [-0.2, 0) is 9.53 Å². The minimum absolute atomic E-state index is 0.0139. The van der Waals surface area contributed by atoms with Crippen LogP contribution in [0, 0.1) is 6.92 Å². The van der Waals surface area contributed by atoms with E-state index in [1.54, 1.807) is 43.5 Å². The SMILES string of the molecule is Cc1ccc(C(=O)C2=C(O)C(=O)N(CC[NH+]3CCOCC3)[C@H]2c2ccccn2)o1. The van der Waals surface area contributed by atoms with Crippen LogP contribution < -0.4 is 4.90 Å². The van der Waals surface area contributed by atoms with Crippen molar-refractivity contribution in [3.05, 3.63) is 65.1 Å². The quantitative estimate of drug-likeness (QED) is 0.687. The number of aliphatic hydroxyl groups excluding tert-OH is 1. The van der Waals surface area contributed by atoms with Gasteiger partial charge in [-0.25, -0.2) is 0 Å². The number of carbonyl (C=O) groups is 2. The number of quaternary nitrogens is 1. The number of aromatic nitrogens is 1. The third kappa shape index (κ3) is 3.81. The number of Topliss-reactive ketones (excluding diaryl/α,β-unsaturated/α-hetero) is 1. The van der Waals surface area contributed by atoms with E-state index in [0.29, 0.717) is 37.8 Å². The number of ketones is 1. The Labute approximate surface area is 168 Å². The van der Waals surface area contributed by atoms with E-state index in [1.807, 2.05) is 0 Å². The van der Waals surface area contributed by atoms with E-state index in [0.717, 1.165) is 13.1 Å². The van der Waals surface area contributed by atoms with Crippen LogP contribution in [0.25, 0.3) is 0 Å². The molecule has 0 aromatic carbocycles. The lowest BCUT2D eigenvalue weighted by atomic mass is 9.98. The second kappa shape index (κ2) is 8.18. The molecular weight excluding hydrogens is 374 g/mol. The third-order valence-corrected chi connectivity index (χ3v) is 5.39. The molecule has 2 aromatic rings. The Hall–Kier alpha value is -2.97. The van der Waals surface area contributed by atoms with Gasteiger partial charge in [-0.15, -0.1) is 0 Å². The van der Waals surface area contributed by atoms with Crippen LogP contribution in [0.3, 0.4) is 0 Å². The number of rotatable bonds is 6. The van der Waals surface area contributed by atoms with Gasteiger partial charge in [0.15, 0.2) is 11.5 Å². The number of carbonyl (C=O) groups excluding carboxylic acids is 2. The maximum atomic E-state index is 13.1. The van der Waals surface area contributed by atoms with Crippen LogP contribution in [0.15, 0.2) is 52.3 Å². The van der Waals surface area contributed by atoms with E-state index in [1.165, 1.54) is 9.80 Å². The average molecular weight is 398 g/mol. The summed E-state index contributed by atoms with van der Waals surface area (Å²) in [5.74, 6) is -0.907. The van der Waals surface area contributed by atoms with Crippen LogP contribution in [-0.4, -0.2) is 66.1 Å². The molecule has 2 N–H and O–H groups in total. The van der Waals surface area contributed by atoms with Crippen molar-refractivity contribution >= 4 is 11.7 Å². The highest BCUT2D eigenvalue weighted by molar-refractivity contribution is 6.14. The summed E-state index contributed by atoms with van der Waals surface area (Å²) < 4.78 is 10.8. The van der Waals surface area contributed by atoms with Crippen LogP contribution in [0.1, 0.15) is 28.1 Å². The van der Waals surface area contributed by atoms with Crippen molar-refractivity contribution in [3.8, 4) is 0 Å². The Morgan fingerprint density at radius 1 is 1.28 bits per heavy atom. The van der Waals surface area contributed by atoms with E-state index in [2.05, 4.69) is 4.98 Å². The van der Waals surface area contributed by atoms with Gasteiger partial charge >= 0.3 is 0 Å². The monoisotopic (exact) mass is 398 g/mol. The molecule has 8 nitrogen and oxygen atoms in total.